The van der Waals surface area contributed by atoms with Crippen molar-refractivity contribution < 1.29 is 13.2 Å². The van der Waals surface area contributed by atoms with E-state index in [1.54, 1.807) is 18.2 Å². The Balaban J connectivity index is 1.92. The molecular formula is C17H18BrNO3S. The van der Waals surface area contributed by atoms with Crippen LogP contribution in [0.15, 0.2) is 53.0 Å². The van der Waals surface area contributed by atoms with Crippen molar-refractivity contribution >= 4 is 31.7 Å². The number of rotatable bonds is 6. The van der Waals surface area contributed by atoms with Crippen LogP contribution in [0.2, 0.25) is 0 Å². The van der Waals surface area contributed by atoms with E-state index >= 15 is 0 Å². The molecule has 1 amide bonds. The van der Waals surface area contributed by atoms with Crippen molar-refractivity contribution in [3.63, 3.8) is 0 Å². The first kappa shape index (κ1) is 17.7. The second-order valence-electron chi connectivity index (χ2n) is 5.37. The first-order valence-corrected chi connectivity index (χ1v) is 9.73. The van der Waals surface area contributed by atoms with E-state index in [4.69, 9.17) is 0 Å². The Morgan fingerprint density at radius 1 is 1.13 bits per heavy atom. The zero-order valence-electron chi connectivity index (χ0n) is 12.8. The molecule has 0 spiro atoms. The molecule has 0 fully saturated rings. The van der Waals surface area contributed by atoms with Crippen molar-refractivity contribution in [2.75, 3.05) is 5.75 Å². The van der Waals surface area contributed by atoms with Gasteiger partial charge in [0.2, 0.25) is 5.91 Å². The Kier molecular flexibility index (Phi) is 5.96. The van der Waals surface area contributed by atoms with Crippen molar-refractivity contribution in [2.24, 2.45) is 0 Å². The highest BCUT2D eigenvalue weighted by molar-refractivity contribution is 9.10. The molecule has 0 radical (unpaired) electrons. The van der Waals surface area contributed by atoms with Crippen molar-refractivity contribution in [3.05, 3.63) is 69.7 Å². The summed E-state index contributed by atoms with van der Waals surface area (Å²) in [6, 6.07) is 14.7. The molecule has 0 bridgehead atoms. The average molecular weight is 396 g/mol. The number of nitrogens with one attached hydrogen (secondary N) is 1. The SMILES string of the molecule is Cc1ccccc1CNC(=O)CS(=O)(=O)Cc1cccc(Br)c1. The molecule has 0 saturated heterocycles. The van der Waals surface area contributed by atoms with E-state index in [1.165, 1.54) is 0 Å². The molecule has 0 aliphatic carbocycles. The van der Waals surface area contributed by atoms with Crippen LogP contribution in [0.5, 0.6) is 0 Å². The summed E-state index contributed by atoms with van der Waals surface area (Å²) < 4.78 is 25.1. The van der Waals surface area contributed by atoms with Gasteiger partial charge in [-0.1, -0.05) is 52.3 Å². The Labute approximate surface area is 145 Å². The van der Waals surface area contributed by atoms with E-state index in [1.807, 2.05) is 37.3 Å². The smallest absolute Gasteiger partial charge is 0.235 e. The fourth-order valence-electron chi connectivity index (χ4n) is 2.18. The molecule has 4 nitrogen and oxygen atoms in total. The van der Waals surface area contributed by atoms with Crippen molar-refractivity contribution in [3.8, 4) is 0 Å². The van der Waals surface area contributed by atoms with Crippen LogP contribution in [0.1, 0.15) is 16.7 Å². The van der Waals surface area contributed by atoms with Gasteiger partial charge in [-0.3, -0.25) is 4.79 Å². The lowest BCUT2D eigenvalue weighted by Gasteiger charge is -2.09. The molecule has 0 aromatic heterocycles. The molecule has 122 valence electrons. The molecule has 6 heteroatoms. The molecule has 1 N–H and O–H groups in total. The topological polar surface area (TPSA) is 63.2 Å². The standard InChI is InChI=1S/C17H18BrNO3S/c1-13-5-2-3-7-15(13)10-19-17(20)12-23(21,22)11-14-6-4-8-16(18)9-14/h2-9H,10-12H2,1H3,(H,19,20). The summed E-state index contributed by atoms with van der Waals surface area (Å²) in [5.41, 5.74) is 2.70. The van der Waals surface area contributed by atoms with Crippen LogP contribution in [-0.4, -0.2) is 20.1 Å². The average Bonchev–Trinajstić information content (AvgIpc) is 2.45. The summed E-state index contributed by atoms with van der Waals surface area (Å²) in [5, 5.41) is 2.67. The summed E-state index contributed by atoms with van der Waals surface area (Å²) in [4.78, 5) is 11.9. The number of sulfone groups is 1. The Morgan fingerprint density at radius 3 is 2.57 bits per heavy atom. The maximum atomic E-state index is 12.1. The van der Waals surface area contributed by atoms with E-state index in [9.17, 15) is 13.2 Å². The van der Waals surface area contributed by atoms with Gasteiger partial charge in [0.1, 0.15) is 5.75 Å². The predicted octanol–water partition coefficient (Wildman–Crippen LogP) is 2.99. The third-order valence-corrected chi connectivity index (χ3v) is 5.33. The lowest BCUT2D eigenvalue weighted by atomic mass is 10.1. The van der Waals surface area contributed by atoms with Gasteiger partial charge in [-0.15, -0.1) is 0 Å². The predicted molar refractivity (Wildman–Crippen MR) is 94.7 cm³/mol. The highest BCUT2D eigenvalue weighted by Gasteiger charge is 2.17. The third-order valence-electron chi connectivity index (χ3n) is 3.36. The molecule has 0 aliphatic rings. The van der Waals surface area contributed by atoms with Gasteiger partial charge in [-0.25, -0.2) is 8.42 Å². The molecule has 0 saturated carbocycles. The molecule has 0 aliphatic heterocycles. The quantitative estimate of drug-likeness (QED) is 0.817. The normalized spacial score (nSPS) is 11.2. The van der Waals surface area contributed by atoms with Crippen molar-refractivity contribution in [1.29, 1.82) is 0 Å². The number of carbonyl (C=O) groups is 1. The van der Waals surface area contributed by atoms with Crippen LogP contribution in [0, 0.1) is 6.92 Å². The molecule has 0 heterocycles. The summed E-state index contributed by atoms with van der Waals surface area (Å²) in [7, 11) is -3.50. The minimum Gasteiger partial charge on any atom is -0.351 e. The largest absolute Gasteiger partial charge is 0.351 e. The van der Waals surface area contributed by atoms with Crippen molar-refractivity contribution in [2.45, 2.75) is 19.2 Å². The number of hydrogen-bond donors (Lipinski definition) is 1. The number of benzene rings is 2. The fraction of sp³-hybridized carbons (Fsp3) is 0.235. The highest BCUT2D eigenvalue weighted by Crippen LogP contribution is 2.14. The Hall–Kier alpha value is -1.66. The molecule has 2 rings (SSSR count). The molecule has 2 aromatic carbocycles. The van der Waals surface area contributed by atoms with Gasteiger partial charge in [0, 0.05) is 11.0 Å². The lowest BCUT2D eigenvalue weighted by Crippen LogP contribution is -2.30. The van der Waals surface area contributed by atoms with Gasteiger partial charge < -0.3 is 5.32 Å². The third kappa shape index (κ3) is 5.80. The van der Waals surface area contributed by atoms with E-state index in [-0.39, 0.29) is 5.75 Å². The zero-order chi connectivity index (χ0) is 16.9. The summed E-state index contributed by atoms with van der Waals surface area (Å²) in [6.07, 6.45) is 0. The van der Waals surface area contributed by atoms with Gasteiger partial charge in [-0.2, -0.15) is 0 Å². The van der Waals surface area contributed by atoms with Crippen LogP contribution < -0.4 is 5.32 Å². The van der Waals surface area contributed by atoms with Gasteiger partial charge in [0.05, 0.1) is 5.75 Å². The zero-order valence-corrected chi connectivity index (χ0v) is 15.2. The molecule has 0 atom stereocenters. The van der Waals surface area contributed by atoms with Crippen LogP contribution >= 0.6 is 15.9 Å². The van der Waals surface area contributed by atoms with E-state index < -0.39 is 21.5 Å². The van der Waals surface area contributed by atoms with Gasteiger partial charge in [0.25, 0.3) is 0 Å². The van der Waals surface area contributed by atoms with Crippen LogP contribution in [-0.2, 0) is 26.9 Å². The first-order valence-electron chi connectivity index (χ1n) is 7.12. The van der Waals surface area contributed by atoms with Gasteiger partial charge in [-0.05, 0) is 35.7 Å². The van der Waals surface area contributed by atoms with E-state index in [0.29, 0.717) is 12.1 Å². The second kappa shape index (κ2) is 7.75. The molecule has 0 unspecified atom stereocenters. The highest BCUT2D eigenvalue weighted by atomic mass is 79.9. The van der Waals surface area contributed by atoms with E-state index in [0.717, 1.165) is 15.6 Å². The minimum atomic E-state index is -3.50. The molecular weight excluding hydrogens is 378 g/mol. The molecule has 23 heavy (non-hydrogen) atoms. The maximum Gasteiger partial charge on any atom is 0.235 e. The Morgan fingerprint density at radius 2 is 1.87 bits per heavy atom. The fourth-order valence-corrected chi connectivity index (χ4v) is 3.92. The minimum absolute atomic E-state index is 0.149. The number of aryl methyl sites for hydroxylation is 1. The first-order chi connectivity index (χ1) is 10.9. The maximum absolute atomic E-state index is 12.1. The summed E-state index contributed by atoms with van der Waals surface area (Å²) in [6.45, 7) is 2.28. The number of halogens is 1. The number of amides is 1. The van der Waals surface area contributed by atoms with Crippen LogP contribution in [0.25, 0.3) is 0 Å². The lowest BCUT2D eigenvalue weighted by molar-refractivity contribution is -0.118. The Bertz CT molecular complexity index is 803. The van der Waals surface area contributed by atoms with Crippen molar-refractivity contribution in [1.82, 2.24) is 5.32 Å². The summed E-state index contributed by atoms with van der Waals surface area (Å²) in [5.74, 6) is -1.14. The second-order valence-corrected chi connectivity index (χ2v) is 8.35. The van der Waals surface area contributed by atoms with E-state index in [2.05, 4.69) is 21.2 Å². The summed E-state index contributed by atoms with van der Waals surface area (Å²) >= 11 is 3.30. The van der Waals surface area contributed by atoms with Gasteiger partial charge in [0.15, 0.2) is 9.84 Å². The van der Waals surface area contributed by atoms with Crippen LogP contribution in [0.4, 0.5) is 0 Å². The molecule has 2 aromatic rings. The number of carbonyl (C=O) groups excluding carboxylic acids is 1. The van der Waals surface area contributed by atoms with Crippen LogP contribution in [0.3, 0.4) is 0 Å². The monoisotopic (exact) mass is 395 g/mol. The number of hydrogen-bond acceptors (Lipinski definition) is 3. The van der Waals surface area contributed by atoms with Gasteiger partial charge >= 0.3 is 0 Å².